The van der Waals surface area contributed by atoms with E-state index in [1.807, 2.05) is 51.1 Å². The number of nitrogens with zero attached hydrogens (tertiary/aromatic N) is 2. The number of methoxy groups -OCH3 is 1. The van der Waals surface area contributed by atoms with Gasteiger partial charge in [-0.25, -0.2) is 8.42 Å². The molecule has 2 aromatic rings. The van der Waals surface area contributed by atoms with Crippen LogP contribution in [0.4, 0.5) is 5.69 Å². The molecule has 0 heterocycles. The van der Waals surface area contributed by atoms with Crippen molar-refractivity contribution in [2.75, 3.05) is 30.8 Å². The topological polar surface area (TPSA) is 96.0 Å². The summed E-state index contributed by atoms with van der Waals surface area (Å²) < 4.78 is 31.8. The van der Waals surface area contributed by atoms with Crippen molar-refractivity contribution in [1.29, 1.82) is 0 Å². The van der Waals surface area contributed by atoms with E-state index in [4.69, 9.17) is 4.74 Å². The third-order valence-corrected chi connectivity index (χ3v) is 7.03. The molecule has 0 unspecified atom stereocenters. The van der Waals surface area contributed by atoms with Crippen molar-refractivity contribution in [3.8, 4) is 5.75 Å². The quantitative estimate of drug-likeness (QED) is 0.453. The molecule has 0 bridgehead atoms. The van der Waals surface area contributed by atoms with Gasteiger partial charge in [0.05, 0.1) is 19.1 Å². The molecule has 8 nitrogen and oxygen atoms in total. The molecule has 9 heteroatoms. The molecule has 1 N–H and O–H groups in total. The second-order valence-corrected chi connectivity index (χ2v) is 10.4. The van der Waals surface area contributed by atoms with E-state index in [0.717, 1.165) is 22.5 Å². The highest BCUT2D eigenvalue weighted by molar-refractivity contribution is 7.92. The number of ether oxygens (including phenoxy) is 1. The van der Waals surface area contributed by atoms with Crippen LogP contribution in [0.3, 0.4) is 0 Å². The Labute approximate surface area is 209 Å². The largest absolute Gasteiger partial charge is 0.495 e. The number of para-hydroxylation sites is 2. The third kappa shape index (κ3) is 7.99. The van der Waals surface area contributed by atoms with Gasteiger partial charge in [0.1, 0.15) is 18.3 Å². The lowest BCUT2D eigenvalue weighted by molar-refractivity contribution is -0.139. The Kier molecular flexibility index (Phi) is 10.6. The number of anilines is 1. The maximum Gasteiger partial charge on any atom is 0.244 e. The first kappa shape index (κ1) is 28.2. The lowest BCUT2D eigenvalue weighted by Crippen LogP contribution is -2.54. The van der Waals surface area contributed by atoms with Crippen LogP contribution >= 0.6 is 0 Å². The van der Waals surface area contributed by atoms with Crippen LogP contribution in [0.1, 0.15) is 39.2 Å². The Bertz CT molecular complexity index is 1080. The third-order valence-electron chi connectivity index (χ3n) is 5.90. The minimum atomic E-state index is -3.82. The molecule has 2 aromatic carbocycles. The van der Waals surface area contributed by atoms with Gasteiger partial charge >= 0.3 is 0 Å². The predicted octanol–water partition coefficient (Wildman–Crippen LogP) is 3.23. The lowest BCUT2D eigenvalue weighted by Gasteiger charge is -2.33. The number of rotatable bonds is 13. The van der Waals surface area contributed by atoms with Crippen molar-refractivity contribution in [1.82, 2.24) is 10.2 Å². The van der Waals surface area contributed by atoms with Crippen LogP contribution in [0.2, 0.25) is 0 Å². The first-order chi connectivity index (χ1) is 16.6. The van der Waals surface area contributed by atoms with Crippen molar-refractivity contribution in [3.63, 3.8) is 0 Å². The second kappa shape index (κ2) is 13.1. The summed E-state index contributed by atoms with van der Waals surface area (Å²) in [5, 5.41) is 2.96. The summed E-state index contributed by atoms with van der Waals surface area (Å²) in [6.07, 6.45) is 2.74. The highest BCUT2D eigenvalue weighted by Crippen LogP contribution is 2.29. The molecule has 2 rings (SSSR count). The first-order valence-corrected chi connectivity index (χ1v) is 13.7. The molecule has 0 saturated heterocycles. The molecule has 0 aliphatic rings. The van der Waals surface area contributed by atoms with Crippen LogP contribution < -0.4 is 14.4 Å². The standard InChI is InChI=1S/C26H37N3O5S/c1-6-20(3)27-26(31)22(7-2)28(18-17-21-13-9-8-10-14-21)25(30)19-29(35(5,32)33)23-15-11-12-16-24(23)34-4/h8-16,20,22H,6-7,17-19H2,1-5H3,(H,27,31)/t20-,22-/m0/s1. The summed E-state index contributed by atoms with van der Waals surface area (Å²) in [6.45, 7) is 5.56. The van der Waals surface area contributed by atoms with Crippen molar-refractivity contribution in [3.05, 3.63) is 60.2 Å². The summed E-state index contributed by atoms with van der Waals surface area (Å²) in [4.78, 5) is 28.2. The van der Waals surface area contributed by atoms with E-state index in [-0.39, 0.29) is 24.2 Å². The highest BCUT2D eigenvalue weighted by atomic mass is 32.2. The highest BCUT2D eigenvalue weighted by Gasteiger charge is 2.32. The van der Waals surface area contributed by atoms with Crippen LogP contribution in [0.15, 0.2) is 54.6 Å². The van der Waals surface area contributed by atoms with Crippen LogP contribution in [0, 0.1) is 0 Å². The maximum absolute atomic E-state index is 13.7. The van der Waals surface area contributed by atoms with Crippen LogP contribution in [0.25, 0.3) is 0 Å². The monoisotopic (exact) mass is 503 g/mol. The summed E-state index contributed by atoms with van der Waals surface area (Å²) in [7, 11) is -2.37. The van der Waals surface area contributed by atoms with Gasteiger partial charge in [0.25, 0.3) is 0 Å². The first-order valence-electron chi connectivity index (χ1n) is 11.9. The minimum Gasteiger partial charge on any atom is -0.495 e. The molecular formula is C26H37N3O5S. The van der Waals surface area contributed by atoms with Gasteiger partial charge < -0.3 is 15.0 Å². The summed E-state index contributed by atoms with van der Waals surface area (Å²) in [5.74, 6) is -0.363. The number of hydrogen-bond acceptors (Lipinski definition) is 5. The van der Waals surface area contributed by atoms with Gasteiger partial charge in [-0.15, -0.1) is 0 Å². The molecule has 0 radical (unpaired) electrons. The zero-order chi connectivity index (χ0) is 26.0. The van der Waals surface area contributed by atoms with E-state index in [1.54, 1.807) is 24.3 Å². The molecule has 0 aromatic heterocycles. The Hall–Kier alpha value is -3.07. The molecule has 0 saturated carbocycles. The average Bonchev–Trinajstić information content (AvgIpc) is 2.84. The molecule has 192 valence electrons. The van der Waals surface area contributed by atoms with Gasteiger partial charge in [0, 0.05) is 12.6 Å². The van der Waals surface area contributed by atoms with Gasteiger partial charge in [-0.1, -0.05) is 56.3 Å². The summed E-state index contributed by atoms with van der Waals surface area (Å²) in [5.41, 5.74) is 1.29. The van der Waals surface area contributed by atoms with E-state index in [0.29, 0.717) is 18.6 Å². The smallest absolute Gasteiger partial charge is 0.244 e. The predicted molar refractivity (Wildman–Crippen MR) is 139 cm³/mol. The molecule has 0 fully saturated rings. The molecule has 0 spiro atoms. The number of benzene rings is 2. The molecule has 2 atom stereocenters. The number of amides is 2. The van der Waals surface area contributed by atoms with E-state index >= 15 is 0 Å². The van der Waals surface area contributed by atoms with Crippen molar-refractivity contribution >= 4 is 27.5 Å². The molecule has 0 aliphatic heterocycles. The van der Waals surface area contributed by atoms with Gasteiger partial charge in [-0.3, -0.25) is 13.9 Å². The van der Waals surface area contributed by atoms with E-state index in [2.05, 4.69) is 5.32 Å². The number of hydrogen-bond donors (Lipinski definition) is 1. The minimum absolute atomic E-state index is 0.0382. The fraction of sp³-hybridized carbons (Fsp3) is 0.462. The van der Waals surface area contributed by atoms with E-state index in [1.165, 1.54) is 12.0 Å². The molecule has 2 amide bonds. The zero-order valence-corrected chi connectivity index (χ0v) is 22.0. The van der Waals surface area contributed by atoms with Gasteiger partial charge in [0.2, 0.25) is 21.8 Å². The number of carbonyl (C=O) groups excluding carboxylic acids is 2. The number of carbonyl (C=O) groups is 2. The van der Waals surface area contributed by atoms with E-state index in [9.17, 15) is 18.0 Å². The van der Waals surface area contributed by atoms with Crippen molar-refractivity contribution in [2.24, 2.45) is 0 Å². The SMILES string of the molecule is CC[C@H](C)NC(=O)[C@H](CC)N(CCc1ccccc1)C(=O)CN(c1ccccc1OC)S(C)(=O)=O. The zero-order valence-electron chi connectivity index (χ0n) is 21.2. The lowest BCUT2D eigenvalue weighted by atomic mass is 10.1. The maximum atomic E-state index is 13.7. The summed E-state index contributed by atoms with van der Waals surface area (Å²) >= 11 is 0. The molecular weight excluding hydrogens is 466 g/mol. The number of nitrogens with one attached hydrogen (secondary N) is 1. The van der Waals surface area contributed by atoms with Gasteiger partial charge in [-0.05, 0) is 43.9 Å². The normalized spacial score (nSPS) is 12.9. The van der Waals surface area contributed by atoms with Crippen LogP contribution in [0.5, 0.6) is 5.75 Å². The van der Waals surface area contributed by atoms with E-state index < -0.39 is 28.5 Å². The summed E-state index contributed by atoms with van der Waals surface area (Å²) in [6, 6.07) is 15.5. The average molecular weight is 504 g/mol. The number of sulfonamides is 1. The fourth-order valence-corrected chi connectivity index (χ4v) is 4.62. The fourth-order valence-electron chi connectivity index (χ4n) is 3.77. The van der Waals surface area contributed by atoms with Crippen molar-refractivity contribution < 1.29 is 22.7 Å². The Morgan fingerprint density at radius 1 is 1.00 bits per heavy atom. The van der Waals surface area contributed by atoms with Crippen LogP contribution in [-0.4, -0.2) is 63.7 Å². The Morgan fingerprint density at radius 2 is 1.63 bits per heavy atom. The van der Waals surface area contributed by atoms with Gasteiger partial charge in [0.15, 0.2) is 0 Å². The van der Waals surface area contributed by atoms with Gasteiger partial charge in [-0.2, -0.15) is 0 Å². The molecule has 35 heavy (non-hydrogen) atoms. The molecule has 0 aliphatic carbocycles. The Balaban J connectivity index is 2.40. The van der Waals surface area contributed by atoms with Crippen LogP contribution in [-0.2, 0) is 26.0 Å². The second-order valence-electron chi connectivity index (χ2n) is 8.51. The van der Waals surface area contributed by atoms with Crippen molar-refractivity contribution in [2.45, 2.75) is 52.1 Å². The Morgan fingerprint density at radius 3 is 2.20 bits per heavy atom.